The number of esters is 1. The quantitative estimate of drug-likeness (QED) is 0.343. The highest BCUT2D eigenvalue weighted by Crippen LogP contribution is 2.63. The monoisotopic (exact) mass is 490 g/mol. The number of aliphatic hydroxyl groups is 1. The van der Waals surface area contributed by atoms with Gasteiger partial charge in [-0.1, -0.05) is 49.7 Å². The predicted octanol–water partition coefficient (Wildman–Crippen LogP) is 5.52. The molecule has 1 aromatic rings. The molecule has 4 aliphatic rings. The summed E-state index contributed by atoms with van der Waals surface area (Å²) < 4.78 is 31.3. The van der Waals surface area contributed by atoms with Gasteiger partial charge in [-0.25, -0.2) is 9.18 Å². The first-order valence-corrected chi connectivity index (χ1v) is 12.5. The second kappa shape index (κ2) is 8.74. The molecule has 0 aromatic heterocycles. The maximum atomic E-state index is 13.6. The first kappa shape index (κ1) is 24.0. The fraction of sp³-hybridized carbons (Fsp3) is 0.593. The van der Waals surface area contributed by atoms with Crippen molar-refractivity contribution in [3.05, 3.63) is 58.4 Å². The molecule has 7 atom stereocenters. The number of carbonyl (C=O) groups is 1. The topological polar surface area (TPSA) is 65.0 Å². The number of ether oxygens (including phenoxy) is 3. The van der Waals surface area contributed by atoms with E-state index >= 15 is 0 Å². The lowest BCUT2D eigenvalue weighted by molar-refractivity contribution is -0.307. The highest BCUT2D eigenvalue weighted by atomic mass is 35.5. The van der Waals surface area contributed by atoms with Gasteiger partial charge in [-0.05, 0) is 61.5 Å². The van der Waals surface area contributed by atoms with E-state index in [0.29, 0.717) is 24.5 Å². The van der Waals surface area contributed by atoms with Crippen LogP contribution in [0.2, 0.25) is 5.02 Å². The highest BCUT2D eigenvalue weighted by Gasteiger charge is 2.60. The molecule has 0 bridgehead atoms. The van der Waals surface area contributed by atoms with Crippen LogP contribution in [0, 0.1) is 28.5 Å². The largest absolute Gasteiger partial charge is 0.459 e. The van der Waals surface area contributed by atoms with E-state index in [0.717, 1.165) is 31.2 Å². The zero-order chi connectivity index (χ0) is 24.3. The van der Waals surface area contributed by atoms with E-state index in [1.165, 1.54) is 11.6 Å². The number of benzene rings is 1. The van der Waals surface area contributed by atoms with E-state index in [1.54, 1.807) is 12.1 Å². The number of carbonyl (C=O) groups excluding carboxylic acids is 1. The second-order valence-electron chi connectivity index (χ2n) is 10.8. The molecule has 34 heavy (non-hydrogen) atoms. The second-order valence-corrected chi connectivity index (χ2v) is 11.2. The molecule has 7 heteroatoms. The van der Waals surface area contributed by atoms with Crippen LogP contribution in [0.5, 0.6) is 0 Å². The Morgan fingerprint density at radius 1 is 1.29 bits per heavy atom. The Hall–Kier alpha value is -1.73. The van der Waals surface area contributed by atoms with Gasteiger partial charge in [0.25, 0.3) is 0 Å². The Morgan fingerprint density at radius 2 is 2.09 bits per heavy atom. The summed E-state index contributed by atoms with van der Waals surface area (Å²) in [5, 5.41) is 10.2. The predicted molar refractivity (Wildman–Crippen MR) is 125 cm³/mol. The van der Waals surface area contributed by atoms with Crippen molar-refractivity contribution in [1.82, 2.24) is 0 Å². The summed E-state index contributed by atoms with van der Waals surface area (Å²) in [6, 6.07) is 4.59. The molecule has 2 saturated carbocycles. The minimum atomic E-state index is -0.849. The van der Waals surface area contributed by atoms with Gasteiger partial charge in [-0.3, -0.25) is 0 Å². The van der Waals surface area contributed by atoms with Crippen LogP contribution in [0.4, 0.5) is 4.39 Å². The summed E-state index contributed by atoms with van der Waals surface area (Å²) >= 11 is 5.99. The summed E-state index contributed by atoms with van der Waals surface area (Å²) in [7, 11) is 0. The van der Waals surface area contributed by atoms with Crippen LogP contribution in [0.25, 0.3) is 0 Å². The third kappa shape index (κ3) is 3.83. The fourth-order valence-corrected chi connectivity index (χ4v) is 7.22. The van der Waals surface area contributed by atoms with Gasteiger partial charge in [0.2, 0.25) is 0 Å². The molecule has 2 saturated heterocycles. The smallest absolute Gasteiger partial charge is 0.336 e. The highest BCUT2D eigenvalue weighted by molar-refractivity contribution is 6.30. The summed E-state index contributed by atoms with van der Waals surface area (Å²) in [4.78, 5) is 12.0. The summed E-state index contributed by atoms with van der Waals surface area (Å²) in [5.41, 5.74) is 2.10. The van der Waals surface area contributed by atoms with Crippen molar-refractivity contribution in [3.63, 3.8) is 0 Å². The number of halogens is 2. The normalized spacial score (nSPS) is 41.2. The molecular weight excluding hydrogens is 459 g/mol. The van der Waals surface area contributed by atoms with Crippen LogP contribution in [0.15, 0.2) is 42.0 Å². The van der Waals surface area contributed by atoms with Crippen molar-refractivity contribution < 1.29 is 28.5 Å². The zero-order valence-electron chi connectivity index (χ0n) is 19.7. The standard InChI is InChI=1S/C27H32ClFO5/c1-15-4-9-22-26(2,18(15)7-6-17-21(30)13-32-24(17)31)11-10-23-27(22,3)14-33-25(34-23)16-5-8-20(29)19(28)12-16/h5-6,8,12,18,21-23,25,30H,1,4,7,9-11,13-14H2,2-3H3/b17-6+/t18-,21-,22+,23?,25?,26+,27+/m1/s1. The minimum Gasteiger partial charge on any atom is -0.459 e. The lowest BCUT2D eigenvalue weighted by Gasteiger charge is -2.62. The van der Waals surface area contributed by atoms with E-state index < -0.39 is 24.2 Å². The van der Waals surface area contributed by atoms with Gasteiger partial charge < -0.3 is 19.3 Å². The molecule has 2 heterocycles. The fourth-order valence-electron chi connectivity index (χ4n) is 7.03. The van der Waals surface area contributed by atoms with Crippen LogP contribution in [0.3, 0.4) is 0 Å². The number of hydrogen-bond acceptors (Lipinski definition) is 5. The molecule has 5 nitrogen and oxygen atoms in total. The average molecular weight is 491 g/mol. The van der Waals surface area contributed by atoms with E-state index in [1.807, 2.05) is 6.08 Å². The summed E-state index contributed by atoms with van der Waals surface area (Å²) in [5.74, 6) is -0.328. The Morgan fingerprint density at radius 3 is 2.79 bits per heavy atom. The molecule has 4 fully saturated rings. The van der Waals surface area contributed by atoms with E-state index in [-0.39, 0.29) is 34.5 Å². The molecule has 0 spiro atoms. The Labute approximate surface area is 204 Å². The van der Waals surface area contributed by atoms with Gasteiger partial charge in [-0.15, -0.1) is 0 Å². The van der Waals surface area contributed by atoms with E-state index in [9.17, 15) is 14.3 Å². The third-order valence-electron chi connectivity index (χ3n) is 8.91. The Kier molecular flexibility index (Phi) is 6.16. The lowest BCUT2D eigenvalue weighted by Crippen LogP contribution is -2.60. The zero-order valence-corrected chi connectivity index (χ0v) is 20.4. The Balaban J connectivity index is 1.37. The van der Waals surface area contributed by atoms with Crippen molar-refractivity contribution in [2.24, 2.45) is 22.7 Å². The maximum Gasteiger partial charge on any atom is 0.336 e. The van der Waals surface area contributed by atoms with Crippen molar-refractivity contribution in [2.45, 2.75) is 64.4 Å². The molecule has 2 aliphatic carbocycles. The SMILES string of the molecule is C=C1CC[C@H]2[C@@](C)(CCC3OC(c4ccc(F)c(Cl)c4)OC[C@]32C)[C@@H]1C/C=C1/C(=O)OC[C@H]1O. The van der Waals surface area contributed by atoms with Gasteiger partial charge in [0.15, 0.2) is 6.29 Å². The number of hydrogen-bond donors (Lipinski definition) is 1. The number of rotatable bonds is 3. The summed E-state index contributed by atoms with van der Waals surface area (Å²) in [6.45, 7) is 9.57. The van der Waals surface area contributed by atoms with Crippen LogP contribution in [0.1, 0.15) is 57.8 Å². The van der Waals surface area contributed by atoms with Gasteiger partial charge in [-0.2, -0.15) is 0 Å². The van der Waals surface area contributed by atoms with Crippen LogP contribution in [-0.2, 0) is 19.0 Å². The van der Waals surface area contributed by atoms with Crippen LogP contribution < -0.4 is 0 Å². The van der Waals surface area contributed by atoms with Gasteiger partial charge in [0.1, 0.15) is 18.5 Å². The van der Waals surface area contributed by atoms with Gasteiger partial charge in [0.05, 0.1) is 23.3 Å². The number of cyclic esters (lactones) is 1. The molecule has 0 amide bonds. The number of allylic oxidation sites excluding steroid dienone is 2. The molecule has 184 valence electrons. The summed E-state index contributed by atoms with van der Waals surface area (Å²) in [6.07, 6.45) is 4.91. The Bertz CT molecular complexity index is 1040. The first-order valence-electron chi connectivity index (χ1n) is 12.1. The van der Waals surface area contributed by atoms with Crippen molar-refractivity contribution >= 4 is 17.6 Å². The average Bonchev–Trinajstić information content (AvgIpc) is 3.12. The van der Waals surface area contributed by atoms with Gasteiger partial charge >= 0.3 is 5.97 Å². The molecule has 2 aliphatic heterocycles. The van der Waals surface area contributed by atoms with Gasteiger partial charge in [0, 0.05) is 11.0 Å². The number of aliphatic hydroxyl groups excluding tert-OH is 1. The molecule has 1 N–H and O–H groups in total. The number of fused-ring (bicyclic) bond motifs is 3. The molecule has 2 unspecified atom stereocenters. The molecule has 1 aromatic carbocycles. The first-order chi connectivity index (χ1) is 16.1. The molecular formula is C27H32ClFO5. The van der Waals surface area contributed by atoms with Crippen LogP contribution in [-0.4, -0.2) is 36.5 Å². The molecule has 5 rings (SSSR count). The minimum absolute atomic E-state index is 0.0187. The van der Waals surface area contributed by atoms with Crippen molar-refractivity contribution in [3.8, 4) is 0 Å². The third-order valence-corrected chi connectivity index (χ3v) is 9.20. The lowest BCUT2D eigenvalue weighted by atomic mass is 9.46. The van der Waals surface area contributed by atoms with Crippen molar-refractivity contribution in [2.75, 3.05) is 13.2 Å². The van der Waals surface area contributed by atoms with E-state index in [4.69, 9.17) is 25.8 Å². The van der Waals surface area contributed by atoms with Crippen LogP contribution >= 0.6 is 11.6 Å². The van der Waals surface area contributed by atoms with Crippen molar-refractivity contribution in [1.29, 1.82) is 0 Å². The molecule has 0 radical (unpaired) electrons. The van der Waals surface area contributed by atoms with E-state index in [2.05, 4.69) is 20.4 Å². The maximum absolute atomic E-state index is 13.6.